The molecule has 1 aromatic carbocycles. The summed E-state index contributed by atoms with van der Waals surface area (Å²) >= 11 is 0. The first kappa shape index (κ1) is 19.1. The summed E-state index contributed by atoms with van der Waals surface area (Å²) in [5.41, 5.74) is 0.923. The highest BCUT2D eigenvalue weighted by atomic mass is 16.7. The van der Waals surface area contributed by atoms with E-state index in [0.717, 1.165) is 18.4 Å². The van der Waals surface area contributed by atoms with Gasteiger partial charge in [0.15, 0.2) is 11.5 Å². The molecule has 6 heteroatoms. The molecule has 6 nitrogen and oxygen atoms in total. The molecule has 1 atom stereocenters. The van der Waals surface area contributed by atoms with Crippen molar-refractivity contribution >= 4 is 11.8 Å². The lowest BCUT2D eigenvalue weighted by molar-refractivity contribution is -0.132. The Kier molecular flexibility index (Phi) is 6.67. The fourth-order valence-electron chi connectivity index (χ4n) is 2.82. The van der Waals surface area contributed by atoms with Gasteiger partial charge in [0.1, 0.15) is 6.04 Å². The summed E-state index contributed by atoms with van der Waals surface area (Å²) in [4.78, 5) is 24.9. The standard InChI is InChI=1S/C19H28N2O4/c1-5-14(6-2)18(22)21-17(12(3)4)19(23)20-10-13-7-8-15-16(9-13)25-11-24-15/h7-9,12,14,17H,5-6,10-11H2,1-4H3,(H,20,23)(H,21,22)/t17-/m1/s1. The maximum atomic E-state index is 12.5. The van der Waals surface area contributed by atoms with Gasteiger partial charge >= 0.3 is 0 Å². The summed E-state index contributed by atoms with van der Waals surface area (Å²) in [6.07, 6.45) is 1.54. The zero-order valence-corrected chi connectivity index (χ0v) is 15.4. The molecule has 0 radical (unpaired) electrons. The van der Waals surface area contributed by atoms with Gasteiger partial charge in [-0.1, -0.05) is 33.8 Å². The minimum atomic E-state index is -0.540. The Bertz CT molecular complexity index is 611. The third-order valence-corrected chi connectivity index (χ3v) is 4.51. The summed E-state index contributed by atoms with van der Waals surface area (Å²) in [7, 11) is 0. The molecule has 1 aliphatic heterocycles. The van der Waals surface area contributed by atoms with E-state index < -0.39 is 6.04 Å². The Morgan fingerprint density at radius 3 is 2.40 bits per heavy atom. The van der Waals surface area contributed by atoms with Gasteiger partial charge in [0.05, 0.1) is 0 Å². The van der Waals surface area contributed by atoms with E-state index in [0.29, 0.717) is 18.0 Å². The summed E-state index contributed by atoms with van der Waals surface area (Å²) in [5.74, 6) is 1.13. The van der Waals surface area contributed by atoms with Gasteiger partial charge in [0.25, 0.3) is 0 Å². The van der Waals surface area contributed by atoms with Crippen LogP contribution in [0.2, 0.25) is 0 Å². The summed E-state index contributed by atoms with van der Waals surface area (Å²) in [6.45, 7) is 8.42. The van der Waals surface area contributed by atoms with Crippen LogP contribution in [0, 0.1) is 11.8 Å². The molecule has 0 aromatic heterocycles. The first-order valence-electron chi connectivity index (χ1n) is 8.92. The van der Waals surface area contributed by atoms with Gasteiger partial charge in [-0.25, -0.2) is 0 Å². The maximum Gasteiger partial charge on any atom is 0.243 e. The molecule has 25 heavy (non-hydrogen) atoms. The molecule has 0 fully saturated rings. The predicted octanol–water partition coefficient (Wildman–Crippen LogP) is 2.61. The number of hydrogen-bond acceptors (Lipinski definition) is 4. The molecule has 1 aliphatic rings. The first-order valence-corrected chi connectivity index (χ1v) is 8.92. The molecule has 2 amide bonds. The normalized spacial score (nSPS) is 13.8. The molecular weight excluding hydrogens is 320 g/mol. The van der Waals surface area contributed by atoms with Crippen LogP contribution in [0.15, 0.2) is 18.2 Å². The third-order valence-electron chi connectivity index (χ3n) is 4.51. The van der Waals surface area contributed by atoms with Crippen LogP contribution in [-0.2, 0) is 16.1 Å². The Hall–Kier alpha value is -2.24. The van der Waals surface area contributed by atoms with Crippen molar-refractivity contribution in [1.82, 2.24) is 10.6 Å². The van der Waals surface area contributed by atoms with E-state index in [9.17, 15) is 9.59 Å². The van der Waals surface area contributed by atoms with Crippen LogP contribution in [0.5, 0.6) is 11.5 Å². The van der Waals surface area contributed by atoms with Gasteiger partial charge < -0.3 is 20.1 Å². The van der Waals surface area contributed by atoms with E-state index in [-0.39, 0.29) is 30.4 Å². The van der Waals surface area contributed by atoms with Crippen molar-refractivity contribution in [2.45, 2.75) is 53.1 Å². The second-order valence-electron chi connectivity index (χ2n) is 6.65. The number of rotatable bonds is 8. The molecule has 0 unspecified atom stereocenters. The predicted molar refractivity (Wildman–Crippen MR) is 95.3 cm³/mol. The van der Waals surface area contributed by atoms with Crippen LogP contribution in [0.1, 0.15) is 46.1 Å². The van der Waals surface area contributed by atoms with Gasteiger partial charge in [-0.2, -0.15) is 0 Å². The van der Waals surface area contributed by atoms with Crippen molar-refractivity contribution in [1.29, 1.82) is 0 Å². The number of benzene rings is 1. The monoisotopic (exact) mass is 348 g/mol. The lowest BCUT2D eigenvalue weighted by Gasteiger charge is -2.24. The first-order chi connectivity index (χ1) is 12.0. The lowest BCUT2D eigenvalue weighted by atomic mass is 9.99. The fourth-order valence-corrected chi connectivity index (χ4v) is 2.82. The molecule has 0 saturated carbocycles. The second kappa shape index (κ2) is 8.74. The van der Waals surface area contributed by atoms with E-state index in [4.69, 9.17) is 9.47 Å². The number of carbonyl (C=O) groups excluding carboxylic acids is 2. The summed E-state index contributed by atoms with van der Waals surface area (Å²) in [6, 6.07) is 5.04. The molecular formula is C19H28N2O4. The molecule has 0 aliphatic carbocycles. The van der Waals surface area contributed by atoms with Gasteiger partial charge in [0, 0.05) is 12.5 Å². The quantitative estimate of drug-likeness (QED) is 0.757. The van der Waals surface area contributed by atoms with Crippen LogP contribution >= 0.6 is 0 Å². The zero-order chi connectivity index (χ0) is 18.4. The van der Waals surface area contributed by atoms with E-state index in [1.54, 1.807) is 0 Å². The molecule has 0 saturated heterocycles. The SMILES string of the molecule is CCC(CC)C(=O)N[C@@H](C(=O)NCc1ccc2c(c1)OCO2)C(C)C. The Morgan fingerprint density at radius 2 is 1.76 bits per heavy atom. The minimum absolute atomic E-state index is 0.00932. The van der Waals surface area contributed by atoms with Crippen LogP contribution in [0.3, 0.4) is 0 Å². The van der Waals surface area contributed by atoms with Crippen LogP contribution in [0.25, 0.3) is 0 Å². The van der Waals surface area contributed by atoms with Gasteiger partial charge in [-0.3, -0.25) is 9.59 Å². The molecule has 1 aromatic rings. The van der Waals surface area contributed by atoms with Crippen molar-refractivity contribution in [3.63, 3.8) is 0 Å². The third kappa shape index (κ3) is 4.87. The second-order valence-corrected chi connectivity index (χ2v) is 6.65. The number of hydrogen-bond donors (Lipinski definition) is 2. The highest BCUT2D eigenvalue weighted by Gasteiger charge is 2.26. The lowest BCUT2D eigenvalue weighted by Crippen LogP contribution is -2.50. The Balaban J connectivity index is 1.95. The highest BCUT2D eigenvalue weighted by molar-refractivity contribution is 5.88. The Morgan fingerprint density at radius 1 is 1.08 bits per heavy atom. The average molecular weight is 348 g/mol. The fraction of sp³-hybridized carbons (Fsp3) is 0.579. The van der Waals surface area contributed by atoms with Crippen molar-refractivity contribution < 1.29 is 19.1 Å². The number of ether oxygens (including phenoxy) is 2. The maximum absolute atomic E-state index is 12.5. The Labute approximate surface area is 149 Å². The van der Waals surface area contributed by atoms with Crippen molar-refractivity contribution in [2.75, 3.05) is 6.79 Å². The largest absolute Gasteiger partial charge is 0.454 e. The molecule has 1 heterocycles. The van der Waals surface area contributed by atoms with Crippen molar-refractivity contribution in [2.24, 2.45) is 11.8 Å². The van der Waals surface area contributed by atoms with Gasteiger partial charge in [-0.15, -0.1) is 0 Å². The molecule has 2 rings (SSSR count). The smallest absolute Gasteiger partial charge is 0.243 e. The summed E-state index contributed by atoms with van der Waals surface area (Å²) < 4.78 is 10.6. The van der Waals surface area contributed by atoms with E-state index in [1.807, 2.05) is 45.9 Å². The topological polar surface area (TPSA) is 76.7 Å². The van der Waals surface area contributed by atoms with Crippen molar-refractivity contribution in [3.05, 3.63) is 23.8 Å². The van der Waals surface area contributed by atoms with E-state index in [2.05, 4.69) is 10.6 Å². The number of fused-ring (bicyclic) bond motifs is 1. The van der Waals surface area contributed by atoms with Crippen LogP contribution in [0.4, 0.5) is 0 Å². The van der Waals surface area contributed by atoms with Crippen LogP contribution in [-0.4, -0.2) is 24.6 Å². The minimum Gasteiger partial charge on any atom is -0.454 e. The molecule has 138 valence electrons. The van der Waals surface area contributed by atoms with Gasteiger partial charge in [0.2, 0.25) is 18.6 Å². The van der Waals surface area contributed by atoms with E-state index >= 15 is 0 Å². The molecule has 2 N–H and O–H groups in total. The zero-order valence-electron chi connectivity index (χ0n) is 15.4. The van der Waals surface area contributed by atoms with Crippen LogP contribution < -0.4 is 20.1 Å². The highest BCUT2D eigenvalue weighted by Crippen LogP contribution is 2.32. The molecule has 0 bridgehead atoms. The van der Waals surface area contributed by atoms with E-state index in [1.165, 1.54) is 0 Å². The molecule has 0 spiro atoms. The summed E-state index contributed by atoms with van der Waals surface area (Å²) in [5, 5.41) is 5.80. The average Bonchev–Trinajstić information content (AvgIpc) is 3.06. The van der Waals surface area contributed by atoms with Crippen molar-refractivity contribution in [3.8, 4) is 11.5 Å². The number of nitrogens with one attached hydrogen (secondary N) is 2. The van der Waals surface area contributed by atoms with Gasteiger partial charge in [-0.05, 0) is 36.5 Å². The number of carbonyl (C=O) groups is 2. The number of amides is 2.